The lowest BCUT2D eigenvalue weighted by molar-refractivity contribution is 0.673. The summed E-state index contributed by atoms with van der Waals surface area (Å²) in [5.41, 5.74) is -4.92. The molecule has 0 spiro atoms. The first kappa shape index (κ1) is 11.2. The van der Waals surface area contributed by atoms with Gasteiger partial charge in [-0.15, -0.1) is 0 Å². The van der Waals surface area contributed by atoms with Gasteiger partial charge in [0.25, 0.3) is 0 Å². The Bertz CT molecular complexity index is 4350. The average Bonchev–Trinajstić information content (AvgIpc) is 3.84. The van der Waals surface area contributed by atoms with Crippen molar-refractivity contribution in [1.29, 1.82) is 0 Å². The molecule has 0 aliphatic heterocycles. The van der Waals surface area contributed by atoms with Gasteiger partial charge in [-0.3, -0.25) is 0 Å². The van der Waals surface area contributed by atoms with Gasteiger partial charge in [0.2, 0.25) is 0 Å². The van der Waals surface area contributed by atoms with Gasteiger partial charge in [-0.1, -0.05) is 157 Å². The van der Waals surface area contributed by atoms with Crippen molar-refractivity contribution in [3.8, 4) is 22.3 Å². The van der Waals surface area contributed by atoms with E-state index in [2.05, 4.69) is 0 Å². The summed E-state index contributed by atoms with van der Waals surface area (Å²) in [6, 6.07) is -24.6. The Morgan fingerprint density at radius 2 is 1.06 bits per heavy atom. The molecule has 48 heavy (non-hydrogen) atoms. The molecule has 0 aliphatic carbocycles. The van der Waals surface area contributed by atoms with Crippen LogP contribution < -0.4 is 0 Å². The molecule has 0 radical (unpaired) electrons. The molecule has 0 N–H and O–H groups in total. The van der Waals surface area contributed by atoms with Gasteiger partial charge < -0.3 is 4.42 Å². The van der Waals surface area contributed by atoms with Gasteiger partial charge in [-0.25, -0.2) is 0 Å². The lowest BCUT2D eigenvalue weighted by Gasteiger charge is -2.19. The van der Waals surface area contributed by atoms with Crippen molar-refractivity contribution >= 4 is 65.0 Å². The summed E-state index contributed by atoms with van der Waals surface area (Å²) in [5, 5.41) is -5.65. The van der Waals surface area contributed by atoms with E-state index in [9.17, 15) is 11.0 Å². The molecule has 0 aliphatic rings. The number of rotatable bonds is 4. The molecule has 0 saturated carbocycles. The van der Waals surface area contributed by atoms with Gasteiger partial charge in [0.15, 0.2) is 0 Å². The van der Waals surface area contributed by atoms with Crippen LogP contribution in [0.15, 0.2) is 174 Å². The second-order valence-electron chi connectivity index (χ2n) is 10.6. The van der Waals surface area contributed by atoms with Gasteiger partial charge in [0.1, 0.15) is 11.2 Å². The Morgan fingerprint density at radius 1 is 0.438 bits per heavy atom. The first-order valence-electron chi connectivity index (χ1n) is 28.4. The topological polar surface area (TPSA) is 13.1 Å². The highest BCUT2D eigenvalue weighted by Gasteiger charge is 2.20. The van der Waals surface area contributed by atoms with Crippen molar-refractivity contribution in [2.45, 2.75) is 6.42 Å². The van der Waals surface area contributed by atoms with E-state index >= 15 is 0 Å². The summed E-state index contributed by atoms with van der Waals surface area (Å²) < 4.78 is 258. The van der Waals surface area contributed by atoms with Crippen LogP contribution >= 0.6 is 0 Å². The van der Waals surface area contributed by atoms with E-state index in [0.717, 1.165) is 0 Å². The molecule has 0 bridgehead atoms. The molecular weight excluding hydrogens is 581 g/mol. The van der Waals surface area contributed by atoms with E-state index in [1.54, 1.807) is 0 Å². The monoisotopic (exact) mass is 638 g/mol. The Labute approximate surface area is 317 Å². The molecule has 0 unspecified atom stereocenters. The fraction of sp³-hybridized carbons (Fsp3) is 0.0213. The van der Waals surface area contributed by atoms with Crippen LogP contribution in [0.4, 0.5) is 0 Å². The third-order valence-electron chi connectivity index (χ3n) is 8.07. The third kappa shape index (κ3) is 4.11. The fourth-order valence-corrected chi connectivity index (χ4v) is 6.10. The minimum atomic E-state index is -0.993. The molecule has 0 amide bonds. The highest BCUT2D eigenvalue weighted by molar-refractivity contribution is 6.24. The highest BCUT2D eigenvalue weighted by Crippen LogP contribution is 2.46. The number of hydrogen-bond donors (Lipinski definition) is 0. The molecule has 10 aromatic rings. The molecule has 224 valence electrons. The predicted molar refractivity (Wildman–Crippen MR) is 204 cm³/mol. The third-order valence-corrected chi connectivity index (χ3v) is 8.07. The number of hydrogen-bond acceptors (Lipinski definition) is 1. The summed E-state index contributed by atoms with van der Waals surface area (Å²) in [4.78, 5) is 0. The molecule has 0 atom stereocenters. The fourth-order valence-electron chi connectivity index (χ4n) is 6.10. The zero-order valence-electron chi connectivity index (χ0n) is 52.1. The SMILES string of the molecule is [2H]c1c([2H])c([2H])c(-c2c([2H])c(Cc3c4c([2H])c([2H])c([2H])c([2H])c4c(-c4c([2H])c([2H])c([2H])c5oc6c7c([2H])c([2H])c([2H])c([2H])c7c([2H])c([2H])c6c45)c4c([2H])c([2H])c([2H])c([2H])c34)c([2H])c3c([2H])c([2H])c([2H])c([2H])c23)c([2H])c1[2H]. The number of fused-ring (bicyclic) bond motifs is 8. The first-order valence-corrected chi connectivity index (χ1v) is 14.4. The van der Waals surface area contributed by atoms with E-state index in [1.165, 1.54) is 0 Å². The van der Waals surface area contributed by atoms with E-state index < -0.39 is 274 Å². The first-order chi connectivity index (χ1) is 35.5. The van der Waals surface area contributed by atoms with Crippen molar-refractivity contribution < 1.29 is 42.8 Å². The number of furan rings is 1. The van der Waals surface area contributed by atoms with Crippen LogP contribution in [0.1, 0.15) is 49.5 Å². The van der Waals surface area contributed by atoms with Crippen molar-refractivity contribution in [2.75, 3.05) is 0 Å². The van der Waals surface area contributed by atoms with Crippen LogP contribution in [0.25, 0.3) is 87.3 Å². The zero-order valence-corrected chi connectivity index (χ0v) is 24.1. The normalized spacial score (nSPS) is 20.0. The summed E-state index contributed by atoms with van der Waals surface area (Å²) in [7, 11) is 0. The lowest BCUT2D eigenvalue weighted by Crippen LogP contribution is -1.96. The maximum absolute atomic E-state index is 9.78. The van der Waals surface area contributed by atoms with Crippen LogP contribution in [0.2, 0.25) is 0 Å². The maximum atomic E-state index is 9.78. The van der Waals surface area contributed by atoms with Crippen LogP contribution in [-0.2, 0) is 6.42 Å². The summed E-state index contributed by atoms with van der Waals surface area (Å²) in [6.45, 7) is 0. The van der Waals surface area contributed by atoms with Crippen molar-refractivity contribution in [3.63, 3.8) is 0 Å². The summed E-state index contributed by atoms with van der Waals surface area (Å²) >= 11 is 0. The highest BCUT2D eigenvalue weighted by atomic mass is 16.3. The molecule has 0 saturated heterocycles. The van der Waals surface area contributed by atoms with Gasteiger partial charge in [-0.2, -0.15) is 0 Å². The Hall–Kier alpha value is -6.18. The molecule has 1 aromatic heterocycles. The van der Waals surface area contributed by atoms with Crippen molar-refractivity contribution in [3.05, 3.63) is 180 Å². The second-order valence-corrected chi connectivity index (χ2v) is 10.6. The average molecular weight is 639 g/mol. The second kappa shape index (κ2) is 10.7. The molecule has 1 heterocycles. The van der Waals surface area contributed by atoms with E-state index in [1.807, 2.05) is 0 Å². The van der Waals surface area contributed by atoms with Crippen LogP contribution in [0.5, 0.6) is 0 Å². The predicted octanol–water partition coefficient (Wildman–Crippen LogP) is 13.1. The largest absolute Gasteiger partial charge is 0.455 e. The minimum Gasteiger partial charge on any atom is -0.455 e. The Balaban J connectivity index is 1.49. The van der Waals surface area contributed by atoms with Crippen LogP contribution in [-0.4, -0.2) is 0 Å². The molecule has 1 nitrogen and oxygen atoms in total. The van der Waals surface area contributed by atoms with Gasteiger partial charge in [0.05, 0.1) is 38.4 Å². The molecule has 1 heteroatoms. The summed E-state index contributed by atoms with van der Waals surface area (Å²) in [5.74, 6) is 0. The van der Waals surface area contributed by atoms with Crippen LogP contribution in [0, 0.1) is 0 Å². The van der Waals surface area contributed by atoms with Crippen molar-refractivity contribution in [2.24, 2.45) is 0 Å². The maximum Gasteiger partial charge on any atom is 0.143 e. The van der Waals surface area contributed by atoms with E-state index in [0.29, 0.717) is 0 Å². The Kier molecular flexibility index (Phi) is 2.50. The number of benzene rings is 9. The minimum absolute atomic E-state index is 0.448. The standard InChI is InChI=1S/C47H30O/c1-2-13-31(14-3-1)42-28-30(27-33-16-5-6-17-34(33)42)29-43-36-19-8-10-21-38(36)45(39-22-11-9-20-37(39)43)40-23-12-24-44-46(40)41-26-25-32-15-4-7-18-35(32)47(41)48-44/h1-28H,29H2/i1D,2D,3D,4D,5D,6D,7D,8D,9D,10D,11D,12D,13D,14D,15D,16D,17D,18D,19D,20D,21D,22D,23D,24D,25D,26D,27D,28D. The molecule has 0 fully saturated rings. The molecular formula is C47H30O. The van der Waals surface area contributed by atoms with E-state index in [4.69, 9.17) is 31.8 Å². The van der Waals surface area contributed by atoms with Gasteiger partial charge in [0, 0.05) is 16.2 Å². The zero-order chi connectivity index (χ0) is 56.0. The van der Waals surface area contributed by atoms with Gasteiger partial charge in [-0.05, 0) is 89.6 Å². The molecule has 10 rings (SSSR count). The quantitative estimate of drug-likeness (QED) is 0.175. The molecule has 9 aromatic carbocycles. The lowest BCUT2D eigenvalue weighted by atomic mass is 9.84. The Morgan fingerprint density at radius 3 is 1.81 bits per heavy atom. The van der Waals surface area contributed by atoms with Crippen molar-refractivity contribution in [1.82, 2.24) is 0 Å². The van der Waals surface area contributed by atoms with E-state index in [-0.39, 0.29) is 0 Å². The van der Waals surface area contributed by atoms with Gasteiger partial charge >= 0.3 is 0 Å². The smallest absolute Gasteiger partial charge is 0.143 e. The van der Waals surface area contributed by atoms with Crippen LogP contribution in [0.3, 0.4) is 0 Å². The summed E-state index contributed by atoms with van der Waals surface area (Å²) in [6.07, 6.45) is -0.993.